The van der Waals surface area contributed by atoms with Gasteiger partial charge >= 0.3 is 0 Å². The van der Waals surface area contributed by atoms with Gasteiger partial charge in [0.1, 0.15) is 0 Å². The first-order valence-corrected chi connectivity index (χ1v) is 6.96. The molecule has 0 saturated carbocycles. The third kappa shape index (κ3) is 2.17. The summed E-state index contributed by atoms with van der Waals surface area (Å²) in [5.41, 5.74) is 0.712. The van der Waals surface area contributed by atoms with Crippen LogP contribution in [0.15, 0.2) is 15.2 Å². The number of thiophene rings is 1. The van der Waals surface area contributed by atoms with E-state index in [0.29, 0.717) is 11.5 Å². The van der Waals surface area contributed by atoms with Crippen LogP contribution in [0.5, 0.6) is 0 Å². The Morgan fingerprint density at radius 1 is 1.75 bits per heavy atom. The topological polar surface area (TPSA) is 40.5 Å². The van der Waals surface area contributed by atoms with Crippen molar-refractivity contribution in [3.63, 3.8) is 0 Å². The van der Waals surface area contributed by atoms with E-state index < -0.39 is 0 Å². The molecule has 0 radical (unpaired) electrons. The Morgan fingerprint density at radius 3 is 3.06 bits per heavy atom. The molecule has 0 aliphatic carbocycles. The van der Waals surface area contributed by atoms with E-state index in [9.17, 15) is 9.90 Å². The number of amides is 1. The van der Waals surface area contributed by atoms with Crippen LogP contribution in [0.4, 0.5) is 0 Å². The molecule has 16 heavy (non-hydrogen) atoms. The van der Waals surface area contributed by atoms with Crippen LogP contribution in [0, 0.1) is 5.92 Å². The van der Waals surface area contributed by atoms with E-state index in [2.05, 4.69) is 22.9 Å². The van der Waals surface area contributed by atoms with Crippen LogP contribution in [-0.4, -0.2) is 35.1 Å². The van der Waals surface area contributed by atoms with Gasteiger partial charge in [0, 0.05) is 11.9 Å². The van der Waals surface area contributed by atoms with Crippen LogP contribution in [-0.2, 0) is 0 Å². The van der Waals surface area contributed by atoms with Gasteiger partial charge in [-0.05, 0) is 34.3 Å². The Balaban J connectivity index is 2.16. The SMILES string of the molecule is CC1CCN(C(=O)c2csc(Br)c2)C1CO. The molecule has 5 heteroatoms. The lowest BCUT2D eigenvalue weighted by Crippen LogP contribution is -2.39. The highest BCUT2D eigenvalue weighted by atomic mass is 79.9. The number of hydrogen-bond acceptors (Lipinski definition) is 3. The predicted octanol–water partition coefficient (Wildman–Crippen LogP) is 2.35. The van der Waals surface area contributed by atoms with Gasteiger partial charge in [0.2, 0.25) is 0 Å². The lowest BCUT2D eigenvalue weighted by atomic mass is 10.0. The third-order valence-electron chi connectivity index (χ3n) is 3.14. The maximum absolute atomic E-state index is 12.2. The summed E-state index contributed by atoms with van der Waals surface area (Å²) >= 11 is 4.86. The van der Waals surface area contributed by atoms with E-state index in [0.717, 1.165) is 16.8 Å². The zero-order valence-electron chi connectivity index (χ0n) is 9.02. The molecule has 1 aromatic rings. The highest BCUT2D eigenvalue weighted by Crippen LogP contribution is 2.28. The van der Waals surface area contributed by atoms with Gasteiger partial charge in [-0.1, -0.05) is 6.92 Å². The highest BCUT2D eigenvalue weighted by Gasteiger charge is 2.34. The lowest BCUT2D eigenvalue weighted by molar-refractivity contribution is 0.0648. The summed E-state index contributed by atoms with van der Waals surface area (Å²) in [5.74, 6) is 0.418. The molecule has 1 fully saturated rings. The summed E-state index contributed by atoms with van der Waals surface area (Å²) < 4.78 is 0.962. The maximum Gasteiger partial charge on any atom is 0.255 e. The van der Waals surface area contributed by atoms with Crippen LogP contribution in [0.1, 0.15) is 23.7 Å². The van der Waals surface area contributed by atoms with Crippen molar-refractivity contribution in [2.24, 2.45) is 5.92 Å². The fourth-order valence-electron chi connectivity index (χ4n) is 2.13. The smallest absolute Gasteiger partial charge is 0.255 e. The molecule has 2 heterocycles. The summed E-state index contributed by atoms with van der Waals surface area (Å²) in [6.07, 6.45) is 0.974. The zero-order valence-corrected chi connectivity index (χ0v) is 11.4. The van der Waals surface area contributed by atoms with Crippen LogP contribution < -0.4 is 0 Å². The number of nitrogens with zero attached hydrogens (tertiary/aromatic N) is 1. The van der Waals surface area contributed by atoms with Crippen LogP contribution in [0.25, 0.3) is 0 Å². The summed E-state index contributed by atoms with van der Waals surface area (Å²) in [6, 6.07) is 1.82. The first-order valence-electron chi connectivity index (χ1n) is 5.29. The van der Waals surface area contributed by atoms with Crippen LogP contribution in [0.3, 0.4) is 0 Å². The van der Waals surface area contributed by atoms with E-state index in [1.165, 1.54) is 11.3 Å². The minimum absolute atomic E-state index is 0.0221. The van der Waals surface area contributed by atoms with Gasteiger partial charge in [-0.2, -0.15) is 0 Å². The quantitative estimate of drug-likeness (QED) is 0.911. The first kappa shape index (κ1) is 12.1. The number of rotatable bonds is 2. The Morgan fingerprint density at radius 2 is 2.50 bits per heavy atom. The number of aliphatic hydroxyl groups excluding tert-OH is 1. The van der Waals surface area contributed by atoms with Gasteiger partial charge in [-0.3, -0.25) is 4.79 Å². The summed E-state index contributed by atoms with van der Waals surface area (Å²) in [6.45, 7) is 2.88. The molecule has 2 rings (SSSR count). The van der Waals surface area contributed by atoms with E-state index >= 15 is 0 Å². The van der Waals surface area contributed by atoms with E-state index in [-0.39, 0.29) is 18.6 Å². The van der Waals surface area contributed by atoms with Crippen molar-refractivity contribution in [1.29, 1.82) is 0 Å². The second-order valence-corrected chi connectivity index (χ2v) is 6.44. The van der Waals surface area contributed by atoms with E-state index in [1.54, 1.807) is 4.90 Å². The third-order valence-corrected chi connectivity index (χ3v) is 4.65. The summed E-state index contributed by atoms with van der Waals surface area (Å²) in [4.78, 5) is 14.0. The lowest BCUT2D eigenvalue weighted by Gasteiger charge is -2.24. The molecule has 1 aliphatic rings. The second kappa shape index (κ2) is 4.85. The number of hydrogen-bond donors (Lipinski definition) is 1. The second-order valence-electron chi connectivity index (χ2n) is 4.15. The van der Waals surface area contributed by atoms with Crippen molar-refractivity contribution in [2.45, 2.75) is 19.4 Å². The summed E-state index contributed by atoms with van der Waals surface area (Å²) in [7, 11) is 0. The number of halogens is 1. The molecule has 3 nitrogen and oxygen atoms in total. The molecule has 1 saturated heterocycles. The van der Waals surface area contributed by atoms with Crippen molar-refractivity contribution in [1.82, 2.24) is 4.90 Å². The molecule has 1 aliphatic heterocycles. The van der Waals surface area contributed by atoms with Crippen molar-refractivity contribution in [2.75, 3.05) is 13.2 Å². The standard InChI is InChI=1S/C11H14BrNO2S/c1-7-2-3-13(9(7)5-14)11(15)8-4-10(12)16-6-8/h4,6-7,9,14H,2-3,5H2,1H3. The molecule has 2 unspecified atom stereocenters. The molecule has 1 aromatic heterocycles. The molecule has 0 aromatic carbocycles. The van der Waals surface area contributed by atoms with Gasteiger partial charge in [-0.15, -0.1) is 11.3 Å². The number of carbonyl (C=O) groups excluding carboxylic acids is 1. The average Bonchev–Trinajstić information content (AvgIpc) is 2.83. The largest absolute Gasteiger partial charge is 0.394 e. The molecular formula is C11H14BrNO2S. The van der Waals surface area contributed by atoms with E-state index in [1.807, 2.05) is 11.4 Å². The van der Waals surface area contributed by atoms with Crippen LogP contribution in [0.2, 0.25) is 0 Å². The molecular weight excluding hydrogens is 290 g/mol. The highest BCUT2D eigenvalue weighted by molar-refractivity contribution is 9.11. The minimum atomic E-state index is -0.0221. The Bertz CT molecular complexity index is 393. The van der Waals surface area contributed by atoms with Gasteiger partial charge in [0.15, 0.2) is 0 Å². The number of likely N-dealkylation sites (tertiary alicyclic amines) is 1. The Hall–Kier alpha value is -0.390. The van der Waals surface area contributed by atoms with E-state index in [4.69, 9.17) is 0 Å². The molecule has 0 spiro atoms. The molecule has 2 atom stereocenters. The number of carbonyl (C=O) groups is 1. The van der Waals surface area contributed by atoms with Gasteiger partial charge < -0.3 is 10.0 Å². The van der Waals surface area contributed by atoms with Crippen molar-refractivity contribution >= 4 is 33.2 Å². The minimum Gasteiger partial charge on any atom is -0.394 e. The molecule has 1 amide bonds. The fraction of sp³-hybridized carbons (Fsp3) is 0.545. The van der Waals surface area contributed by atoms with Crippen molar-refractivity contribution in [3.05, 3.63) is 20.8 Å². The predicted molar refractivity (Wildman–Crippen MR) is 67.7 cm³/mol. The van der Waals surface area contributed by atoms with Crippen LogP contribution >= 0.6 is 27.3 Å². The monoisotopic (exact) mass is 303 g/mol. The molecule has 1 N–H and O–H groups in total. The van der Waals surface area contributed by atoms with Gasteiger partial charge in [-0.25, -0.2) is 0 Å². The average molecular weight is 304 g/mol. The Kier molecular flexibility index (Phi) is 3.66. The zero-order chi connectivity index (χ0) is 11.7. The Labute approximate surface area is 107 Å². The van der Waals surface area contributed by atoms with Crippen molar-refractivity contribution in [3.8, 4) is 0 Å². The van der Waals surface area contributed by atoms with Gasteiger partial charge in [0.25, 0.3) is 5.91 Å². The molecule has 0 bridgehead atoms. The molecule has 88 valence electrons. The first-order chi connectivity index (χ1) is 7.63. The maximum atomic E-state index is 12.2. The van der Waals surface area contributed by atoms with Gasteiger partial charge in [0.05, 0.1) is 22.0 Å². The fourth-order valence-corrected chi connectivity index (χ4v) is 3.26. The normalized spacial score (nSPS) is 25.1. The number of aliphatic hydroxyl groups is 1. The van der Waals surface area contributed by atoms with Crippen molar-refractivity contribution < 1.29 is 9.90 Å². The summed E-state index contributed by atoms with van der Waals surface area (Å²) in [5, 5.41) is 11.2.